The molecule has 2 aromatic heterocycles. The lowest BCUT2D eigenvalue weighted by Crippen LogP contribution is -2.28. The van der Waals surface area contributed by atoms with Crippen LogP contribution in [0.2, 0.25) is 0 Å². The third-order valence-corrected chi connectivity index (χ3v) is 11.1. The van der Waals surface area contributed by atoms with Gasteiger partial charge in [0.15, 0.2) is 0 Å². The molecule has 0 amide bonds. The average molecular weight is 650 g/mol. The topological polar surface area (TPSA) is 18.1 Å². The van der Waals surface area contributed by atoms with Gasteiger partial charge in [0.1, 0.15) is 11.2 Å². The second kappa shape index (κ2) is 10.7. The third-order valence-electron chi connectivity index (χ3n) is 11.1. The molecule has 2 heteroatoms. The van der Waals surface area contributed by atoms with Crippen molar-refractivity contribution < 1.29 is 4.42 Å². The van der Waals surface area contributed by atoms with E-state index in [1.54, 1.807) is 0 Å². The molecule has 2 heterocycles. The van der Waals surface area contributed by atoms with Crippen molar-refractivity contribution in [2.45, 2.75) is 5.41 Å². The average Bonchev–Trinajstić information content (AvgIpc) is 3.85. The number of hydrogen-bond acceptors (Lipinski definition) is 1. The largest absolute Gasteiger partial charge is 0.456 e. The van der Waals surface area contributed by atoms with E-state index in [2.05, 4.69) is 187 Å². The Morgan fingerprint density at radius 1 is 0.431 bits per heavy atom. The van der Waals surface area contributed by atoms with Crippen LogP contribution in [-0.2, 0) is 5.41 Å². The molecular formula is C49H31NO. The van der Waals surface area contributed by atoms with Gasteiger partial charge in [-0.2, -0.15) is 0 Å². The maximum absolute atomic E-state index is 6.32. The van der Waals surface area contributed by atoms with E-state index in [9.17, 15) is 0 Å². The molecule has 0 N–H and O–H groups in total. The van der Waals surface area contributed by atoms with Crippen LogP contribution >= 0.6 is 0 Å². The van der Waals surface area contributed by atoms with Crippen LogP contribution in [0.15, 0.2) is 192 Å². The molecule has 51 heavy (non-hydrogen) atoms. The normalized spacial score (nSPS) is 13.3. The second-order valence-electron chi connectivity index (χ2n) is 13.6. The van der Waals surface area contributed by atoms with Crippen LogP contribution in [0, 0.1) is 0 Å². The quantitative estimate of drug-likeness (QED) is 0.186. The summed E-state index contributed by atoms with van der Waals surface area (Å²) in [4.78, 5) is 0. The first kappa shape index (κ1) is 28.2. The number of nitrogens with zero attached hydrogens (tertiary/aromatic N) is 1. The summed E-state index contributed by atoms with van der Waals surface area (Å²) >= 11 is 0. The zero-order valence-corrected chi connectivity index (χ0v) is 27.8. The zero-order valence-electron chi connectivity index (χ0n) is 27.8. The van der Waals surface area contributed by atoms with Crippen LogP contribution < -0.4 is 0 Å². The van der Waals surface area contributed by atoms with Crippen molar-refractivity contribution >= 4 is 43.7 Å². The van der Waals surface area contributed by atoms with Crippen molar-refractivity contribution in [3.05, 3.63) is 210 Å². The Labute approximate surface area is 295 Å². The van der Waals surface area contributed by atoms with Gasteiger partial charge in [-0.3, -0.25) is 0 Å². The molecule has 2 nitrogen and oxygen atoms in total. The van der Waals surface area contributed by atoms with Gasteiger partial charge < -0.3 is 8.98 Å². The predicted octanol–water partition coefficient (Wildman–Crippen LogP) is 12.7. The molecule has 0 spiro atoms. The number of fused-ring (bicyclic) bond motifs is 10. The van der Waals surface area contributed by atoms with E-state index < -0.39 is 5.41 Å². The Kier molecular flexibility index (Phi) is 5.91. The molecule has 0 unspecified atom stereocenters. The highest BCUT2D eigenvalue weighted by Gasteiger charge is 2.47. The Balaban J connectivity index is 1.39. The smallest absolute Gasteiger partial charge is 0.135 e. The molecule has 0 fully saturated rings. The highest BCUT2D eigenvalue weighted by atomic mass is 16.3. The fourth-order valence-corrected chi connectivity index (χ4v) is 9.04. The third kappa shape index (κ3) is 3.82. The van der Waals surface area contributed by atoms with E-state index in [1.165, 1.54) is 66.3 Å². The molecule has 1 aliphatic carbocycles. The van der Waals surface area contributed by atoms with Gasteiger partial charge in [-0.15, -0.1) is 0 Å². The van der Waals surface area contributed by atoms with Crippen molar-refractivity contribution in [1.29, 1.82) is 0 Å². The lowest BCUT2D eigenvalue weighted by atomic mass is 9.67. The number of aromatic nitrogens is 1. The van der Waals surface area contributed by atoms with Gasteiger partial charge in [0, 0.05) is 32.8 Å². The fourth-order valence-electron chi connectivity index (χ4n) is 9.04. The lowest BCUT2D eigenvalue weighted by Gasteiger charge is -2.34. The highest BCUT2D eigenvalue weighted by Crippen LogP contribution is 2.60. The van der Waals surface area contributed by atoms with Crippen molar-refractivity contribution in [3.8, 4) is 27.9 Å². The Morgan fingerprint density at radius 3 is 1.80 bits per heavy atom. The number of para-hydroxylation sites is 3. The van der Waals surface area contributed by atoms with E-state index in [4.69, 9.17) is 4.42 Å². The van der Waals surface area contributed by atoms with Crippen LogP contribution in [0.5, 0.6) is 0 Å². The van der Waals surface area contributed by atoms with Gasteiger partial charge >= 0.3 is 0 Å². The van der Waals surface area contributed by atoms with Crippen molar-refractivity contribution in [3.63, 3.8) is 0 Å². The predicted molar refractivity (Wildman–Crippen MR) is 211 cm³/mol. The Bertz CT molecular complexity index is 2910. The zero-order chi connectivity index (χ0) is 33.5. The molecule has 1 aliphatic rings. The first-order chi connectivity index (χ1) is 25.3. The summed E-state index contributed by atoms with van der Waals surface area (Å²) in [6, 6.07) is 68.6. The van der Waals surface area contributed by atoms with Gasteiger partial charge in [0.25, 0.3) is 0 Å². The molecule has 0 bridgehead atoms. The van der Waals surface area contributed by atoms with Crippen LogP contribution in [0.25, 0.3) is 71.7 Å². The summed E-state index contributed by atoms with van der Waals surface area (Å²) in [7, 11) is 0. The molecule has 0 radical (unpaired) electrons. The summed E-state index contributed by atoms with van der Waals surface area (Å²) in [5, 5.41) is 4.76. The van der Waals surface area contributed by atoms with Crippen molar-refractivity contribution in [2.75, 3.05) is 0 Å². The minimum atomic E-state index is -0.540. The summed E-state index contributed by atoms with van der Waals surface area (Å²) in [5.74, 6) is 0. The van der Waals surface area contributed by atoms with Crippen molar-refractivity contribution in [2.24, 2.45) is 0 Å². The first-order valence-electron chi connectivity index (χ1n) is 17.6. The molecule has 0 saturated heterocycles. The van der Waals surface area contributed by atoms with E-state index >= 15 is 0 Å². The minimum absolute atomic E-state index is 0.540. The van der Waals surface area contributed by atoms with E-state index in [0.29, 0.717) is 0 Å². The van der Waals surface area contributed by atoms with Gasteiger partial charge in [-0.1, -0.05) is 146 Å². The summed E-state index contributed by atoms with van der Waals surface area (Å²) < 4.78 is 8.83. The molecule has 10 aromatic rings. The fraction of sp³-hybridized carbons (Fsp3) is 0.0204. The van der Waals surface area contributed by atoms with Gasteiger partial charge in [0.05, 0.1) is 16.4 Å². The Hall–Kier alpha value is -6.64. The monoisotopic (exact) mass is 649 g/mol. The summed E-state index contributed by atoms with van der Waals surface area (Å²) in [6.07, 6.45) is 0. The second-order valence-corrected chi connectivity index (χ2v) is 13.6. The number of furan rings is 1. The first-order valence-corrected chi connectivity index (χ1v) is 17.6. The molecule has 0 atom stereocenters. The maximum atomic E-state index is 6.32. The Morgan fingerprint density at radius 2 is 1.04 bits per heavy atom. The van der Waals surface area contributed by atoms with Gasteiger partial charge in [-0.05, 0) is 81.4 Å². The maximum Gasteiger partial charge on any atom is 0.135 e. The molecular weight excluding hydrogens is 619 g/mol. The van der Waals surface area contributed by atoms with E-state index in [0.717, 1.165) is 27.6 Å². The standard InChI is InChI=1S/C49H31NO/c1-4-16-33(17-5-1)49(34-18-6-2-7-19-34)41-25-13-10-23-37(41)47-42(49)31-39(32-28-29-45-40(30-32)36-22-12-15-27-44(36)51-45)46-38-24-11-14-26-43(38)50(48(46)47)35-20-8-3-9-21-35/h1-31H. The van der Waals surface area contributed by atoms with Crippen molar-refractivity contribution in [1.82, 2.24) is 4.57 Å². The minimum Gasteiger partial charge on any atom is -0.456 e. The van der Waals surface area contributed by atoms with Crippen LogP contribution in [0.3, 0.4) is 0 Å². The number of hydrogen-bond donors (Lipinski definition) is 0. The van der Waals surface area contributed by atoms with E-state index in [1.807, 2.05) is 6.07 Å². The molecule has 0 aliphatic heterocycles. The van der Waals surface area contributed by atoms with Crippen LogP contribution in [-0.4, -0.2) is 4.57 Å². The van der Waals surface area contributed by atoms with Crippen LogP contribution in [0.1, 0.15) is 22.3 Å². The number of benzene rings is 8. The highest BCUT2D eigenvalue weighted by molar-refractivity contribution is 6.22. The molecule has 8 aromatic carbocycles. The van der Waals surface area contributed by atoms with Gasteiger partial charge in [-0.25, -0.2) is 0 Å². The summed E-state index contributed by atoms with van der Waals surface area (Å²) in [6.45, 7) is 0. The van der Waals surface area contributed by atoms with E-state index in [-0.39, 0.29) is 0 Å². The SMILES string of the molecule is c1ccc(-n2c3ccccc3c3c(-c4ccc5oc6ccccc6c5c4)cc4c(c32)-c2ccccc2C4(c2ccccc2)c2ccccc2)cc1. The van der Waals surface area contributed by atoms with Crippen LogP contribution in [0.4, 0.5) is 0 Å². The lowest BCUT2D eigenvalue weighted by molar-refractivity contribution is 0.669. The molecule has 238 valence electrons. The molecule has 0 saturated carbocycles. The summed E-state index contributed by atoms with van der Waals surface area (Å²) in [5.41, 5.74) is 14.9. The van der Waals surface area contributed by atoms with Gasteiger partial charge in [0.2, 0.25) is 0 Å². The number of rotatable bonds is 4. The molecule has 11 rings (SSSR count).